The molecule has 0 saturated carbocycles. The second-order valence-corrected chi connectivity index (χ2v) is 8.31. The third-order valence-electron chi connectivity index (χ3n) is 1.06. The molecule has 2 nitrogen and oxygen atoms in total. The van der Waals surface area contributed by atoms with Crippen LogP contribution in [0.15, 0.2) is 0 Å². The Morgan fingerprint density at radius 3 is 1.78 bits per heavy atom. The molecule has 9 heavy (non-hydrogen) atoms. The molecule has 3 heteroatoms. The molecule has 0 aliphatic carbocycles. The molecule has 2 N–H and O–H groups in total. The Balaban J connectivity index is 3.28. The van der Waals surface area contributed by atoms with Crippen molar-refractivity contribution in [1.82, 2.24) is 0 Å². The molecule has 0 unspecified atom stereocenters. The van der Waals surface area contributed by atoms with Gasteiger partial charge in [0.1, 0.15) is 0 Å². The maximum atomic E-state index is 8.49. The van der Waals surface area contributed by atoms with Gasteiger partial charge in [-0.1, -0.05) is 0 Å². The minimum absolute atomic E-state index is 0.525. The first-order valence-corrected chi connectivity index (χ1v) is 6.40. The lowest BCUT2D eigenvalue weighted by atomic mass is 10.5. The molecule has 0 amide bonds. The quantitative estimate of drug-likeness (QED) is 0.458. The van der Waals surface area contributed by atoms with Gasteiger partial charge >= 0.3 is 0 Å². The van der Waals surface area contributed by atoms with Crippen molar-refractivity contribution in [2.24, 2.45) is 0 Å². The Morgan fingerprint density at radius 1 is 1.22 bits per heavy atom. The highest BCUT2D eigenvalue weighted by Crippen LogP contribution is 2.46. The number of hydrogen-bond donors (Lipinski definition) is 2. The Bertz CT molecular complexity index is 75.6. The molecule has 0 spiro atoms. The molecule has 0 fully saturated rings. The average Bonchev–Trinajstić information content (AvgIpc) is 1.59. The van der Waals surface area contributed by atoms with E-state index >= 15 is 0 Å². The van der Waals surface area contributed by atoms with Crippen LogP contribution in [0.25, 0.3) is 0 Å². The topological polar surface area (TPSA) is 40.5 Å². The summed E-state index contributed by atoms with van der Waals surface area (Å²) < 4.78 is 0. The molecule has 0 aliphatic rings. The van der Waals surface area contributed by atoms with Crippen molar-refractivity contribution in [3.8, 4) is 0 Å². The molecule has 0 radical (unpaired) electrons. The van der Waals surface area contributed by atoms with E-state index in [0.717, 1.165) is 6.16 Å². The Labute approximate surface area is 57.2 Å². The van der Waals surface area contributed by atoms with Crippen LogP contribution in [0.4, 0.5) is 0 Å². The summed E-state index contributed by atoms with van der Waals surface area (Å²) in [6.07, 6.45) is 0.381. The van der Waals surface area contributed by atoms with E-state index in [0.29, 0.717) is 6.42 Å². The first-order chi connectivity index (χ1) is 3.92. The van der Waals surface area contributed by atoms with Gasteiger partial charge in [-0.05, 0) is 0 Å². The first-order valence-electron chi connectivity index (χ1n) is 3.08. The van der Waals surface area contributed by atoms with E-state index in [1.165, 1.54) is 0 Å². The summed E-state index contributed by atoms with van der Waals surface area (Å²) in [4.78, 5) is 0. The monoisotopic (exact) mass is 151 g/mol. The van der Waals surface area contributed by atoms with Gasteiger partial charge in [0.15, 0.2) is 6.29 Å². The fourth-order valence-electron chi connectivity index (χ4n) is 0.503. The molecule has 0 heterocycles. The summed E-state index contributed by atoms with van der Waals surface area (Å²) >= 11 is 0. The Kier molecular flexibility index (Phi) is 3.64. The molecule has 0 saturated heterocycles. The second kappa shape index (κ2) is 3.50. The summed E-state index contributed by atoms with van der Waals surface area (Å²) in [5.74, 6) is 0. The summed E-state index contributed by atoms with van der Waals surface area (Å²) in [6.45, 7) is 6.57. The van der Waals surface area contributed by atoms with E-state index in [1.807, 2.05) is 0 Å². The highest BCUT2D eigenvalue weighted by atomic mass is 31.2. The van der Waals surface area contributed by atoms with Crippen molar-refractivity contribution < 1.29 is 10.2 Å². The maximum Gasteiger partial charge on any atom is 0.154 e. The van der Waals surface area contributed by atoms with Crippen LogP contribution in [0.2, 0.25) is 0 Å². The number of aliphatic hydroxyl groups excluding tert-OH is 1. The molecular formula is C6H16O2P+. The average molecular weight is 151 g/mol. The van der Waals surface area contributed by atoms with Gasteiger partial charge < -0.3 is 10.2 Å². The number of hydrogen-bond acceptors (Lipinski definition) is 2. The van der Waals surface area contributed by atoms with E-state index in [9.17, 15) is 0 Å². The van der Waals surface area contributed by atoms with Crippen LogP contribution in [-0.2, 0) is 0 Å². The van der Waals surface area contributed by atoms with Gasteiger partial charge in [-0.3, -0.25) is 0 Å². The van der Waals surface area contributed by atoms with E-state index < -0.39 is 13.6 Å². The van der Waals surface area contributed by atoms with Crippen LogP contribution in [-0.4, -0.2) is 42.7 Å². The Morgan fingerprint density at radius 2 is 1.67 bits per heavy atom. The van der Waals surface area contributed by atoms with Crippen LogP contribution >= 0.6 is 7.26 Å². The summed E-state index contributed by atoms with van der Waals surface area (Å²) in [7, 11) is -0.790. The molecular weight excluding hydrogens is 135 g/mol. The maximum absolute atomic E-state index is 8.49. The van der Waals surface area contributed by atoms with Gasteiger partial charge in [-0.25, -0.2) is 0 Å². The van der Waals surface area contributed by atoms with Gasteiger partial charge in [0.25, 0.3) is 0 Å². The van der Waals surface area contributed by atoms with Crippen molar-refractivity contribution in [2.45, 2.75) is 12.7 Å². The summed E-state index contributed by atoms with van der Waals surface area (Å²) in [6, 6.07) is 0. The van der Waals surface area contributed by atoms with Crippen LogP contribution in [0.5, 0.6) is 0 Å². The predicted octanol–water partition coefficient (Wildman–Crippen LogP) is 0.594. The third-order valence-corrected chi connectivity index (χ3v) is 2.66. The Hall–Kier alpha value is 0.350. The minimum Gasteiger partial charge on any atom is -0.368 e. The molecule has 0 atom stereocenters. The van der Waals surface area contributed by atoms with Gasteiger partial charge in [0.05, 0.1) is 6.16 Å². The number of rotatable bonds is 3. The smallest absolute Gasteiger partial charge is 0.154 e. The van der Waals surface area contributed by atoms with Crippen molar-refractivity contribution in [2.75, 3.05) is 26.2 Å². The molecule has 0 aromatic carbocycles. The first kappa shape index (κ1) is 9.35. The minimum atomic E-state index is -1.11. The lowest BCUT2D eigenvalue weighted by Gasteiger charge is -2.11. The summed E-state index contributed by atoms with van der Waals surface area (Å²) in [5, 5.41) is 17.0. The van der Waals surface area contributed by atoms with Crippen LogP contribution in [0.1, 0.15) is 6.42 Å². The fraction of sp³-hybridized carbons (Fsp3) is 1.00. The number of aliphatic hydroxyl groups is 2. The van der Waals surface area contributed by atoms with E-state index in [1.54, 1.807) is 0 Å². The SMILES string of the molecule is C[P+](C)(C)CCC(O)O. The van der Waals surface area contributed by atoms with Gasteiger partial charge in [0.2, 0.25) is 0 Å². The van der Waals surface area contributed by atoms with Gasteiger partial charge in [0, 0.05) is 33.7 Å². The molecule has 0 rings (SSSR count). The van der Waals surface area contributed by atoms with E-state index in [2.05, 4.69) is 20.0 Å². The van der Waals surface area contributed by atoms with Crippen molar-refractivity contribution in [3.63, 3.8) is 0 Å². The highest BCUT2D eigenvalue weighted by molar-refractivity contribution is 7.73. The zero-order valence-electron chi connectivity index (χ0n) is 6.33. The predicted molar refractivity (Wildman–Crippen MR) is 42.4 cm³/mol. The molecule has 0 aromatic heterocycles. The van der Waals surface area contributed by atoms with Crippen LogP contribution < -0.4 is 0 Å². The zero-order valence-corrected chi connectivity index (χ0v) is 7.23. The summed E-state index contributed by atoms with van der Waals surface area (Å²) in [5.41, 5.74) is 0. The lowest BCUT2D eigenvalue weighted by molar-refractivity contribution is -0.0407. The lowest BCUT2D eigenvalue weighted by Crippen LogP contribution is -2.08. The van der Waals surface area contributed by atoms with Crippen LogP contribution in [0.3, 0.4) is 0 Å². The van der Waals surface area contributed by atoms with Crippen molar-refractivity contribution in [1.29, 1.82) is 0 Å². The zero-order chi connectivity index (χ0) is 7.49. The van der Waals surface area contributed by atoms with Gasteiger partial charge in [-0.15, -0.1) is 0 Å². The normalized spacial score (nSPS) is 12.7. The second-order valence-electron chi connectivity index (χ2n) is 3.28. The van der Waals surface area contributed by atoms with Crippen molar-refractivity contribution in [3.05, 3.63) is 0 Å². The largest absolute Gasteiger partial charge is 0.368 e. The van der Waals surface area contributed by atoms with Crippen LogP contribution in [0, 0.1) is 0 Å². The highest BCUT2D eigenvalue weighted by Gasteiger charge is 2.17. The molecule has 0 aromatic rings. The molecule has 0 aliphatic heterocycles. The molecule has 0 bridgehead atoms. The third kappa shape index (κ3) is 8.35. The van der Waals surface area contributed by atoms with Gasteiger partial charge in [-0.2, -0.15) is 0 Å². The molecule has 56 valence electrons. The van der Waals surface area contributed by atoms with E-state index in [4.69, 9.17) is 10.2 Å². The fourth-order valence-corrected chi connectivity index (χ4v) is 1.51. The standard InChI is InChI=1S/C6H16O2P/c1-9(2,3)5-4-6(7)8/h6-8H,4-5H2,1-3H3/q+1. The van der Waals surface area contributed by atoms with Crippen molar-refractivity contribution >= 4 is 7.26 Å². The van der Waals surface area contributed by atoms with E-state index in [-0.39, 0.29) is 0 Å².